The van der Waals surface area contributed by atoms with Gasteiger partial charge in [-0.25, -0.2) is 9.97 Å². The molecule has 6 nitrogen and oxygen atoms in total. The highest BCUT2D eigenvalue weighted by molar-refractivity contribution is 6.02. The Kier molecular flexibility index (Phi) is 6.22. The van der Waals surface area contributed by atoms with E-state index in [0.29, 0.717) is 11.5 Å². The number of aromatic nitrogens is 2. The minimum Gasteiger partial charge on any atom is -0.491 e. The van der Waals surface area contributed by atoms with Crippen molar-refractivity contribution in [3.8, 4) is 5.75 Å². The Labute approximate surface area is 165 Å². The van der Waals surface area contributed by atoms with Crippen LogP contribution in [0.5, 0.6) is 5.75 Å². The standard InChI is InChI=1S/C22H24N4O2/c1-4-26(18-8-6-5-7-9-18)21-15-23-20(14-24-21)22(27)25-17-10-12-19(13-11-17)28-16(2)3/h5-16H,4H2,1-3H3,(H,25,27). The van der Waals surface area contributed by atoms with Crippen molar-refractivity contribution >= 4 is 23.1 Å². The van der Waals surface area contributed by atoms with E-state index in [1.165, 1.54) is 6.20 Å². The van der Waals surface area contributed by atoms with E-state index in [9.17, 15) is 4.79 Å². The molecule has 1 heterocycles. The molecule has 0 aliphatic carbocycles. The molecule has 0 atom stereocenters. The zero-order chi connectivity index (χ0) is 19.9. The zero-order valence-corrected chi connectivity index (χ0v) is 16.3. The maximum atomic E-state index is 12.4. The summed E-state index contributed by atoms with van der Waals surface area (Å²) < 4.78 is 5.60. The van der Waals surface area contributed by atoms with Gasteiger partial charge in [-0.1, -0.05) is 18.2 Å². The summed E-state index contributed by atoms with van der Waals surface area (Å²) in [6.45, 7) is 6.72. The summed E-state index contributed by atoms with van der Waals surface area (Å²) in [5.41, 5.74) is 1.96. The Balaban J connectivity index is 1.68. The lowest BCUT2D eigenvalue weighted by atomic mass is 10.3. The van der Waals surface area contributed by atoms with Crippen molar-refractivity contribution in [3.05, 3.63) is 72.7 Å². The lowest BCUT2D eigenvalue weighted by Crippen LogP contribution is -2.19. The van der Waals surface area contributed by atoms with Gasteiger partial charge in [0.05, 0.1) is 18.5 Å². The molecule has 0 fully saturated rings. The number of nitrogens with one attached hydrogen (secondary N) is 1. The van der Waals surface area contributed by atoms with Crippen molar-refractivity contribution in [2.24, 2.45) is 0 Å². The van der Waals surface area contributed by atoms with Crippen LogP contribution in [-0.2, 0) is 0 Å². The van der Waals surface area contributed by atoms with Gasteiger partial charge in [0.1, 0.15) is 11.4 Å². The van der Waals surface area contributed by atoms with E-state index >= 15 is 0 Å². The third-order valence-electron chi connectivity index (χ3n) is 4.02. The summed E-state index contributed by atoms with van der Waals surface area (Å²) in [4.78, 5) is 23.2. The molecule has 1 N–H and O–H groups in total. The van der Waals surface area contributed by atoms with Gasteiger partial charge < -0.3 is 15.0 Å². The number of rotatable bonds is 7. The van der Waals surface area contributed by atoms with Gasteiger partial charge in [0.2, 0.25) is 0 Å². The number of hydrogen-bond acceptors (Lipinski definition) is 5. The molecule has 2 aromatic carbocycles. The van der Waals surface area contributed by atoms with Gasteiger partial charge in [-0.3, -0.25) is 4.79 Å². The summed E-state index contributed by atoms with van der Waals surface area (Å²) in [6.07, 6.45) is 3.21. The Morgan fingerprint density at radius 2 is 1.75 bits per heavy atom. The van der Waals surface area contributed by atoms with Gasteiger partial charge in [0, 0.05) is 17.9 Å². The van der Waals surface area contributed by atoms with Crippen molar-refractivity contribution < 1.29 is 9.53 Å². The van der Waals surface area contributed by atoms with E-state index in [2.05, 4.69) is 15.3 Å². The first-order valence-corrected chi connectivity index (χ1v) is 9.29. The Morgan fingerprint density at radius 1 is 1.04 bits per heavy atom. The number of benzene rings is 2. The second-order valence-electron chi connectivity index (χ2n) is 6.48. The van der Waals surface area contributed by atoms with Crippen LogP contribution in [0.25, 0.3) is 0 Å². The Hall–Kier alpha value is -3.41. The number of nitrogens with zero attached hydrogens (tertiary/aromatic N) is 3. The number of carbonyl (C=O) groups is 1. The number of hydrogen-bond donors (Lipinski definition) is 1. The first kappa shape index (κ1) is 19.4. The average Bonchev–Trinajstić information content (AvgIpc) is 2.71. The highest BCUT2D eigenvalue weighted by Gasteiger charge is 2.12. The quantitative estimate of drug-likeness (QED) is 0.649. The lowest BCUT2D eigenvalue weighted by molar-refractivity contribution is 0.102. The molecule has 0 bridgehead atoms. The fraction of sp³-hybridized carbons (Fsp3) is 0.227. The second kappa shape index (κ2) is 8.99. The van der Waals surface area contributed by atoms with Crippen LogP contribution in [0.15, 0.2) is 67.0 Å². The maximum Gasteiger partial charge on any atom is 0.275 e. The van der Waals surface area contributed by atoms with Crippen LogP contribution in [0, 0.1) is 0 Å². The van der Waals surface area contributed by atoms with Crippen LogP contribution in [-0.4, -0.2) is 28.5 Å². The zero-order valence-electron chi connectivity index (χ0n) is 16.3. The summed E-state index contributed by atoms with van der Waals surface area (Å²) in [5.74, 6) is 1.15. The van der Waals surface area contributed by atoms with Crippen LogP contribution < -0.4 is 15.0 Å². The second-order valence-corrected chi connectivity index (χ2v) is 6.48. The molecule has 144 valence electrons. The number of amides is 1. The largest absolute Gasteiger partial charge is 0.491 e. The van der Waals surface area contributed by atoms with E-state index in [-0.39, 0.29) is 17.7 Å². The van der Waals surface area contributed by atoms with E-state index in [1.54, 1.807) is 18.3 Å². The molecule has 0 radical (unpaired) electrons. The molecule has 0 aliphatic heterocycles. The smallest absolute Gasteiger partial charge is 0.275 e. The van der Waals surface area contributed by atoms with E-state index in [0.717, 1.165) is 18.0 Å². The molecule has 1 aromatic heterocycles. The van der Waals surface area contributed by atoms with Crippen molar-refractivity contribution in [3.63, 3.8) is 0 Å². The third kappa shape index (κ3) is 4.85. The fourth-order valence-corrected chi connectivity index (χ4v) is 2.75. The highest BCUT2D eigenvalue weighted by atomic mass is 16.5. The summed E-state index contributed by atoms with van der Waals surface area (Å²) in [5, 5.41) is 2.82. The molecular weight excluding hydrogens is 352 g/mol. The normalized spacial score (nSPS) is 10.6. The average molecular weight is 376 g/mol. The number of ether oxygens (including phenoxy) is 1. The van der Waals surface area contributed by atoms with Crippen molar-refractivity contribution in [2.45, 2.75) is 26.9 Å². The monoisotopic (exact) mass is 376 g/mol. The van der Waals surface area contributed by atoms with Crippen LogP contribution >= 0.6 is 0 Å². The van der Waals surface area contributed by atoms with Gasteiger partial charge in [0.15, 0.2) is 5.82 Å². The van der Waals surface area contributed by atoms with Crippen LogP contribution in [0.3, 0.4) is 0 Å². The maximum absolute atomic E-state index is 12.4. The van der Waals surface area contributed by atoms with Crippen molar-refractivity contribution in [1.29, 1.82) is 0 Å². The first-order chi connectivity index (χ1) is 13.6. The van der Waals surface area contributed by atoms with E-state index in [1.807, 2.05) is 68.1 Å². The summed E-state index contributed by atoms with van der Waals surface area (Å²) in [6, 6.07) is 17.2. The van der Waals surface area contributed by atoms with Crippen LogP contribution in [0.1, 0.15) is 31.3 Å². The van der Waals surface area contributed by atoms with Gasteiger partial charge in [0.25, 0.3) is 5.91 Å². The molecule has 6 heteroatoms. The minimum atomic E-state index is -0.306. The highest BCUT2D eigenvalue weighted by Crippen LogP contribution is 2.22. The van der Waals surface area contributed by atoms with Crippen molar-refractivity contribution in [1.82, 2.24) is 9.97 Å². The minimum absolute atomic E-state index is 0.104. The predicted octanol–water partition coefficient (Wildman–Crippen LogP) is 4.67. The van der Waals surface area contributed by atoms with Gasteiger partial charge >= 0.3 is 0 Å². The Bertz CT molecular complexity index is 894. The van der Waals surface area contributed by atoms with Crippen LogP contribution in [0.4, 0.5) is 17.2 Å². The number of para-hydroxylation sites is 1. The Morgan fingerprint density at radius 3 is 2.32 bits per heavy atom. The summed E-state index contributed by atoms with van der Waals surface area (Å²) >= 11 is 0. The topological polar surface area (TPSA) is 67.4 Å². The molecule has 0 saturated heterocycles. The molecule has 3 rings (SSSR count). The SMILES string of the molecule is CCN(c1ccccc1)c1cnc(C(=O)Nc2ccc(OC(C)C)cc2)cn1. The lowest BCUT2D eigenvalue weighted by Gasteiger charge is -2.21. The molecule has 0 unspecified atom stereocenters. The van der Waals surface area contributed by atoms with Gasteiger partial charge in [-0.2, -0.15) is 0 Å². The molecule has 0 spiro atoms. The van der Waals surface area contributed by atoms with E-state index in [4.69, 9.17) is 4.74 Å². The van der Waals surface area contributed by atoms with E-state index < -0.39 is 0 Å². The van der Waals surface area contributed by atoms with Crippen molar-refractivity contribution in [2.75, 3.05) is 16.8 Å². The van der Waals surface area contributed by atoms with Crippen LogP contribution in [0.2, 0.25) is 0 Å². The predicted molar refractivity (Wildman–Crippen MR) is 111 cm³/mol. The fourth-order valence-electron chi connectivity index (χ4n) is 2.75. The molecule has 28 heavy (non-hydrogen) atoms. The van der Waals surface area contributed by atoms with Gasteiger partial charge in [-0.05, 0) is 57.2 Å². The van der Waals surface area contributed by atoms with Gasteiger partial charge in [-0.15, -0.1) is 0 Å². The number of carbonyl (C=O) groups excluding carboxylic acids is 1. The third-order valence-corrected chi connectivity index (χ3v) is 4.02. The molecule has 1 amide bonds. The molecular formula is C22H24N4O2. The molecule has 3 aromatic rings. The molecule has 0 aliphatic rings. The number of anilines is 3. The molecule has 0 saturated carbocycles. The first-order valence-electron chi connectivity index (χ1n) is 9.29. The summed E-state index contributed by atoms with van der Waals surface area (Å²) in [7, 11) is 0.